The number of rotatable bonds is 7. The van der Waals surface area contributed by atoms with E-state index in [0.29, 0.717) is 0 Å². The summed E-state index contributed by atoms with van der Waals surface area (Å²) in [5.41, 5.74) is 0. The number of nitrogens with zero attached hydrogens (tertiary/aromatic N) is 2. The lowest BCUT2D eigenvalue weighted by molar-refractivity contribution is 0.551. The summed E-state index contributed by atoms with van der Waals surface area (Å²) in [5, 5.41) is 0. The van der Waals surface area contributed by atoms with Crippen LogP contribution in [-0.2, 0) is 6.54 Å². The molecule has 0 radical (unpaired) electrons. The molecule has 88 valence electrons. The third-order valence-electron chi connectivity index (χ3n) is 2.68. The van der Waals surface area contributed by atoms with Crippen molar-refractivity contribution in [2.45, 2.75) is 58.9 Å². The molecular weight excluding hydrogens is 188 g/mol. The van der Waals surface area contributed by atoms with Crippen molar-refractivity contribution in [3.8, 4) is 0 Å². The van der Waals surface area contributed by atoms with Crippen LogP contribution in [0, 0.1) is 6.92 Å². The van der Waals surface area contributed by atoms with E-state index in [9.17, 15) is 0 Å². The van der Waals surface area contributed by atoms with E-state index >= 15 is 0 Å². The Bertz CT molecular complexity index is 246. The minimum absolute atomic E-state index is 0. The van der Waals surface area contributed by atoms with E-state index in [2.05, 4.69) is 29.6 Å². The highest BCUT2D eigenvalue weighted by molar-refractivity contribution is 4.87. The van der Waals surface area contributed by atoms with Gasteiger partial charge < -0.3 is 10.0 Å². The van der Waals surface area contributed by atoms with Gasteiger partial charge in [-0.05, 0) is 13.3 Å². The highest BCUT2D eigenvalue weighted by Gasteiger charge is 1.95. The Morgan fingerprint density at radius 2 is 1.80 bits per heavy atom. The molecule has 0 fully saturated rings. The van der Waals surface area contributed by atoms with Crippen molar-refractivity contribution in [2.75, 3.05) is 0 Å². The summed E-state index contributed by atoms with van der Waals surface area (Å²) < 4.78 is 2.24. The van der Waals surface area contributed by atoms with Gasteiger partial charge in [0.15, 0.2) is 0 Å². The first-order chi connectivity index (χ1) is 6.84. The average molecular weight is 212 g/mol. The molecule has 1 aromatic rings. The Morgan fingerprint density at radius 3 is 2.40 bits per heavy atom. The molecule has 0 aromatic carbocycles. The maximum atomic E-state index is 4.21. The summed E-state index contributed by atoms with van der Waals surface area (Å²) in [6.45, 7) is 5.46. The van der Waals surface area contributed by atoms with Gasteiger partial charge in [-0.15, -0.1) is 0 Å². The van der Waals surface area contributed by atoms with Gasteiger partial charge in [-0.25, -0.2) is 4.98 Å². The molecule has 0 saturated carbocycles. The zero-order chi connectivity index (χ0) is 10.2. The maximum Gasteiger partial charge on any atom is 0.105 e. The van der Waals surface area contributed by atoms with Gasteiger partial charge in [-0.3, -0.25) is 0 Å². The lowest BCUT2D eigenvalue weighted by atomic mass is 10.1. The first kappa shape index (κ1) is 14.2. The number of aryl methyl sites for hydroxylation is 2. The Morgan fingerprint density at radius 1 is 1.13 bits per heavy atom. The van der Waals surface area contributed by atoms with Gasteiger partial charge in [0.1, 0.15) is 5.82 Å². The van der Waals surface area contributed by atoms with E-state index in [1.807, 2.05) is 6.20 Å². The molecule has 1 rings (SSSR count). The fourth-order valence-corrected chi connectivity index (χ4v) is 1.70. The molecule has 0 aliphatic rings. The van der Waals surface area contributed by atoms with Crippen LogP contribution in [0.5, 0.6) is 0 Å². The fraction of sp³-hybridized carbons (Fsp3) is 0.750. The van der Waals surface area contributed by atoms with E-state index in [1.54, 1.807) is 0 Å². The summed E-state index contributed by atoms with van der Waals surface area (Å²) in [7, 11) is 0. The van der Waals surface area contributed by atoms with Crippen LogP contribution in [0.15, 0.2) is 12.4 Å². The van der Waals surface area contributed by atoms with Crippen molar-refractivity contribution in [3.05, 3.63) is 18.2 Å². The minimum Gasteiger partial charge on any atom is -0.412 e. The zero-order valence-corrected chi connectivity index (χ0v) is 10.00. The molecular formula is C12H24N2O. The SMILES string of the molecule is CCCCCCCCn1ccnc1C.O. The van der Waals surface area contributed by atoms with E-state index < -0.39 is 0 Å². The molecule has 0 saturated heterocycles. The summed E-state index contributed by atoms with van der Waals surface area (Å²) >= 11 is 0. The van der Waals surface area contributed by atoms with E-state index in [-0.39, 0.29) is 5.48 Å². The highest BCUT2D eigenvalue weighted by Crippen LogP contribution is 2.06. The van der Waals surface area contributed by atoms with Gasteiger partial charge in [0.2, 0.25) is 0 Å². The van der Waals surface area contributed by atoms with Crippen LogP contribution in [0.2, 0.25) is 0 Å². The van der Waals surface area contributed by atoms with Crippen molar-refractivity contribution in [3.63, 3.8) is 0 Å². The Labute approximate surface area is 92.8 Å². The predicted octanol–water partition coefficient (Wildman–Crippen LogP) is 2.73. The number of aromatic nitrogens is 2. The largest absolute Gasteiger partial charge is 0.412 e. The van der Waals surface area contributed by atoms with Crippen LogP contribution in [-0.4, -0.2) is 15.0 Å². The predicted molar refractivity (Wildman–Crippen MR) is 64.0 cm³/mol. The number of hydrogen-bond acceptors (Lipinski definition) is 1. The molecule has 0 amide bonds. The molecule has 15 heavy (non-hydrogen) atoms. The van der Waals surface area contributed by atoms with Crippen LogP contribution in [0.1, 0.15) is 51.3 Å². The van der Waals surface area contributed by atoms with Crippen molar-refractivity contribution in [1.29, 1.82) is 0 Å². The Hall–Kier alpha value is -0.830. The highest BCUT2D eigenvalue weighted by atomic mass is 16.0. The fourth-order valence-electron chi connectivity index (χ4n) is 1.70. The van der Waals surface area contributed by atoms with Crippen molar-refractivity contribution in [2.24, 2.45) is 0 Å². The van der Waals surface area contributed by atoms with Crippen LogP contribution in [0.4, 0.5) is 0 Å². The monoisotopic (exact) mass is 212 g/mol. The molecule has 0 atom stereocenters. The summed E-state index contributed by atoms with van der Waals surface area (Å²) in [6, 6.07) is 0. The quantitative estimate of drug-likeness (QED) is 0.641. The molecule has 2 N–H and O–H groups in total. The average Bonchev–Trinajstić information content (AvgIpc) is 2.58. The molecule has 0 bridgehead atoms. The van der Waals surface area contributed by atoms with Crippen LogP contribution in [0.3, 0.4) is 0 Å². The Balaban J connectivity index is 0.00000196. The third-order valence-corrected chi connectivity index (χ3v) is 2.68. The first-order valence-corrected chi connectivity index (χ1v) is 5.82. The van der Waals surface area contributed by atoms with E-state index in [0.717, 1.165) is 12.4 Å². The van der Waals surface area contributed by atoms with E-state index in [1.165, 1.54) is 38.5 Å². The standard InChI is InChI=1S/C12H22N2.H2O/c1-3-4-5-6-7-8-10-14-11-9-13-12(14)2;/h9,11H,3-8,10H2,1-2H3;1H2. The normalized spacial score (nSPS) is 10.0. The molecule has 0 aliphatic carbocycles. The second-order valence-electron chi connectivity index (χ2n) is 3.94. The van der Waals surface area contributed by atoms with Gasteiger partial charge in [0.25, 0.3) is 0 Å². The molecule has 0 spiro atoms. The molecule has 1 aromatic heterocycles. The number of unbranched alkanes of at least 4 members (excludes halogenated alkanes) is 5. The lowest BCUT2D eigenvalue weighted by Gasteiger charge is -2.04. The summed E-state index contributed by atoms with van der Waals surface area (Å²) in [5.74, 6) is 1.14. The lowest BCUT2D eigenvalue weighted by Crippen LogP contribution is -1.98. The van der Waals surface area contributed by atoms with Gasteiger partial charge in [-0.1, -0.05) is 39.0 Å². The molecule has 1 heterocycles. The number of imidazole rings is 1. The second kappa shape index (κ2) is 8.48. The minimum atomic E-state index is 0. The molecule has 0 aliphatic heterocycles. The summed E-state index contributed by atoms with van der Waals surface area (Å²) in [6.07, 6.45) is 12.1. The van der Waals surface area contributed by atoms with Gasteiger partial charge in [-0.2, -0.15) is 0 Å². The van der Waals surface area contributed by atoms with Crippen molar-refractivity contribution >= 4 is 0 Å². The van der Waals surface area contributed by atoms with E-state index in [4.69, 9.17) is 0 Å². The maximum absolute atomic E-state index is 4.21. The zero-order valence-electron chi connectivity index (χ0n) is 10.00. The molecule has 3 heteroatoms. The van der Waals surface area contributed by atoms with Crippen LogP contribution in [0.25, 0.3) is 0 Å². The van der Waals surface area contributed by atoms with Gasteiger partial charge in [0.05, 0.1) is 0 Å². The first-order valence-electron chi connectivity index (χ1n) is 5.82. The van der Waals surface area contributed by atoms with Crippen molar-refractivity contribution in [1.82, 2.24) is 9.55 Å². The Kier molecular flexibility index (Phi) is 8.01. The van der Waals surface area contributed by atoms with Crippen molar-refractivity contribution < 1.29 is 5.48 Å². The third kappa shape index (κ3) is 5.57. The smallest absolute Gasteiger partial charge is 0.105 e. The molecule has 3 nitrogen and oxygen atoms in total. The summed E-state index contributed by atoms with van der Waals surface area (Å²) in [4.78, 5) is 4.21. The number of hydrogen-bond donors (Lipinski definition) is 0. The van der Waals surface area contributed by atoms with Crippen LogP contribution >= 0.6 is 0 Å². The topological polar surface area (TPSA) is 49.3 Å². The molecule has 0 unspecified atom stereocenters. The van der Waals surface area contributed by atoms with Crippen LogP contribution < -0.4 is 0 Å². The second-order valence-corrected chi connectivity index (χ2v) is 3.94. The van der Waals surface area contributed by atoms with Gasteiger partial charge in [0, 0.05) is 18.9 Å². The van der Waals surface area contributed by atoms with Gasteiger partial charge >= 0.3 is 0 Å².